The van der Waals surface area contributed by atoms with Crippen LogP contribution in [0.5, 0.6) is 5.75 Å². The molecule has 0 aliphatic rings. The van der Waals surface area contributed by atoms with E-state index in [0.29, 0.717) is 18.7 Å². The van der Waals surface area contributed by atoms with E-state index in [0.717, 1.165) is 22.8 Å². The van der Waals surface area contributed by atoms with E-state index in [-0.39, 0.29) is 24.0 Å². The smallest absolute Gasteiger partial charge is 0.191 e. The molecule has 24 heavy (non-hydrogen) atoms. The van der Waals surface area contributed by atoms with Gasteiger partial charge in [-0.15, -0.1) is 24.0 Å². The second kappa shape index (κ2) is 10.5. The fraction of sp³-hybridized carbons (Fsp3) is 0.222. The van der Waals surface area contributed by atoms with Crippen molar-refractivity contribution >= 4 is 29.9 Å². The minimum absolute atomic E-state index is 0. The Kier molecular flexibility index (Phi) is 8.65. The summed E-state index contributed by atoms with van der Waals surface area (Å²) in [6.45, 7) is 1.32. The van der Waals surface area contributed by atoms with Crippen LogP contribution in [0.3, 0.4) is 0 Å². The predicted molar refractivity (Wildman–Crippen MR) is 107 cm³/mol. The van der Waals surface area contributed by atoms with Gasteiger partial charge in [0, 0.05) is 20.1 Å². The molecule has 0 radical (unpaired) electrons. The van der Waals surface area contributed by atoms with Gasteiger partial charge in [0.05, 0.1) is 18.7 Å². The number of nitriles is 1. The second-order valence-corrected chi connectivity index (χ2v) is 4.94. The molecule has 0 unspecified atom stereocenters. The van der Waals surface area contributed by atoms with Gasteiger partial charge in [-0.1, -0.05) is 24.3 Å². The summed E-state index contributed by atoms with van der Waals surface area (Å²) in [6.07, 6.45) is 0. The first-order valence-corrected chi connectivity index (χ1v) is 7.31. The SMILES string of the molecule is CN=C(NCc1ccc(C#N)cc1)NCc1ccc(OC)cc1.I. The topological polar surface area (TPSA) is 69.4 Å². The van der Waals surface area contributed by atoms with E-state index >= 15 is 0 Å². The van der Waals surface area contributed by atoms with Gasteiger partial charge >= 0.3 is 0 Å². The van der Waals surface area contributed by atoms with Crippen molar-refractivity contribution in [3.05, 3.63) is 65.2 Å². The standard InChI is InChI=1S/C18H20N4O.HI/c1-20-18(21-12-15-5-3-14(11-19)4-6-15)22-13-16-7-9-17(23-2)10-8-16;/h3-10H,12-13H2,1-2H3,(H2,20,21,22);1H. The molecule has 0 amide bonds. The summed E-state index contributed by atoms with van der Waals surface area (Å²) in [5, 5.41) is 15.3. The molecule has 0 aliphatic carbocycles. The van der Waals surface area contributed by atoms with Crippen molar-refractivity contribution in [3.8, 4) is 11.8 Å². The summed E-state index contributed by atoms with van der Waals surface area (Å²) in [6, 6.07) is 17.5. The maximum Gasteiger partial charge on any atom is 0.191 e. The number of rotatable bonds is 5. The van der Waals surface area contributed by atoms with E-state index in [1.807, 2.05) is 48.5 Å². The number of hydrogen-bond donors (Lipinski definition) is 2. The number of benzene rings is 2. The Morgan fingerprint density at radius 1 is 1.00 bits per heavy atom. The Morgan fingerprint density at radius 2 is 1.50 bits per heavy atom. The molecule has 2 rings (SSSR count). The maximum atomic E-state index is 8.79. The summed E-state index contributed by atoms with van der Waals surface area (Å²) < 4.78 is 5.14. The van der Waals surface area contributed by atoms with Crippen LogP contribution in [0, 0.1) is 11.3 Å². The van der Waals surface area contributed by atoms with Gasteiger partial charge in [-0.3, -0.25) is 4.99 Å². The van der Waals surface area contributed by atoms with Gasteiger partial charge < -0.3 is 15.4 Å². The van der Waals surface area contributed by atoms with Crippen LogP contribution in [-0.2, 0) is 13.1 Å². The third-order valence-corrected chi connectivity index (χ3v) is 3.39. The molecule has 2 N–H and O–H groups in total. The second-order valence-electron chi connectivity index (χ2n) is 4.94. The highest BCUT2D eigenvalue weighted by atomic mass is 127. The number of guanidine groups is 1. The maximum absolute atomic E-state index is 8.79. The quantitative estimate of drug-likeness (QED) is 0.430. The summed E-state index contributed by atoms with van der Waals surface area (Å²) in [5.41, 5.74) is 2.90. The highest BCUT2D eigenvalue weighted by Crippen LogP contribution is 2.10. The normalized spacial score (nSPS) is 10.3. The molecular formula is C18H21IN4O. The average molecular weight is 436 g/mol. The first kappa shape index (κ1) is 19.8. The van der Waals surface area contributed by atoms with Crippen molar-refractivity contribution in [2.45, 2.75) is 13.1 Å². The van der Waals surface area contributed by atoms with E-state index in [2.05, 4.69) is 21.7 Å². The lowest BCUT2D eigenvalue weighted by Crippen LogP contribution is -2.36. The molecule has 0 saturated carbocycles. The lowest BCUT2D eigenvalue weighted by atomic mass is 10.1. The van der Waals surface area contributed by atoms with Gasteiger partial charge in [0.15, 0.2) is 5.96 Å². The molecule has 2 aromatic carbocycles. The van der Waals surface area contributed by atoms with Gasteiger partial charge in [-0.2, -0.15) is 5.26 Å². The Balaban J connectivity index is 0.00000288. The fourth-order valence-corrected chi connectivity index (χ4v) is 2.03. The number of halogens is 1. The van der Waals surface area contributed by atoms with Crippen molar-refractivity contribution in [1.29, 1.82) is 5.26 Å². The van der Waals surface area contributed by atoms with Gasteiger partial charge in [0.2, 0.25) is 0 Å². The lowest BCUT2D eigenvalue weighted by molar-refractivity contribution is 0.414. The van der Waals surface area contributed by atoms with Crippen molar-refractivity contribution in [1.82, 2.24) is 10.6 Å². The van der Waals surface area contributed by atoms with Gasteiger partial charge in [0.1, 0.15) is 5.75 Å². The molecule has 0 saturated heterocycles. The predicted octanol–water partition coefficient (Wildman–Crippen LogP) is 3.05. The summed E-state index contributed by atoms with van der Waals surface area (Å²) in [7, 11) is 3.39. The molecule has 0 atom stereocenters. The summed E-state index contributed by atoms with van der Waals surface area (Å²) >= 11 is 0. The van der Waals surface area contributed by atoms with Crippen LogP contribution in [-0.4, -0.2) is 20.1 Å². The minimum Gasteiger partial charge on any atom is -0.497 e. The molecule has 0 aromatic heterocycles. The zero-order valence-corrected chi connectivity index (χ0v) is 16.1. The summed E-state index contributed by atoms with van der Waals surface area (Å²) in [5.74, 6) is 1.57. The first-order chi connectivity index (χ1) is 11.2. The minimum atomic E-state index is 0. The van der Waals surface area contributed by atoms with Crippen LogP contribution in [0.1, 0.15) is 16.7 Å². The number of methoxy groups -OCH3 is 1. The zero-order valence-electron chi connectivity index (χ0n) is 13.7. The van der Waals surface area contributed by atoms with Gasteiger partial charge in [-0.05, 0) is 35.4 Å². The van der Waals surface area contributed by atoms with Crippen molar-refractivity contribution < 1.29 is 4.74 Å². The Morgan fingerprint density at radius 3 is 1.92 bits per heavy atom. The molecule has 0 heterocycles. The van der Waals surface area contributed by atoms with Crippen LogP contribution in [0.25, 0.3) is 0 Å². The highest BCUT2D eigenvalue weighted by Gasteiger charge is 2.00. The monoisotopic (exact) mass is 436 g/mol. The number of nitrogens with zero attached hydrogens (tertiary/aromatic N) is 2. The van der Waals surface area contributed by atoms with Crippen molar-refractivity contribution in [2.75, 3.05) is 14.2 Å². The third-order valence-electron chi connectivity index (χ3n) is 3.39. The van der Waals surface area contributed by atoms with Crippen LogP contribution in [0.4, 0.5) is 0 Å². The van der Waals surface area contributed by atoms with E-state index < -0.39 is 0 Å². The Bertz CT molecular complexity index is 690. The lowest BCUT2D eigenvalue weighted by Gasteiger charge is -2.12. The zero-order chi connectivity index (χ0) is 16.5. The number of aliphatic imine (C=N–C) groups is 1. The van der Waals surface area contributed by atoms with E-state index in [4.69, 9.17) is 10.00 Å². The van der Waals surface area contributed by atoms with Gasteiger partial charge in [-0.25, -0.2) is 0 Å². The van der Waals surface area contributed by atoms with E-state index in [1.54, 1.807) is 14.2 Å². The van der Waals surface area contributed by atoms with Crippen molar-refractivity contribution in [2.24, 2.45) is 4.99 Å². The number of ether oxygens (including phenoxy) is 1. The van der Waals surface area contributed by atoms with Crippen molar-refractivity contribution in [3.63, 3.8) is 0 Å². The van der Waals surface area contributed by atoms with E-state index in [9.17, 15) is 0 Å². The highest BCUT2D eigenvalue weighted by molar-refractivity contribution is 14.0. The molecule has 0 spiro atoms. The van der Waals surface area contributed by atoms with E-state index in [1.165, 1.54) is 0 Å². The molecule has 5 nitrogen and oxygen atoms in total. The molecule has 0 fully saturated rings. The molecule has 2 aromatic rings. The molecule has 0 aliphatic heterocycles. The molecular weight excluding hydrogens is 415 g/mol. The third kappa shape index (κ3) is 6.08. The largest absolute Gasteiger partial charge is 0.497 e. The van der Waals surface area contributed by atoms with Crippen LogP contribution < -0.4 is 15.4 Å². The molecule has 0 bridgehead atoms. The van der Waals surface area contributed by atoms with Crippen LogP contribution in [0.2, 0.25) is 0 Å². The molecule has 126 valence electrons. The summed E-state index contributed by atoms with van der Waals surface area (Å²) in [4.78, 5) is 4.20. The fourth-order valence-electron chi connectivity index (χ4n) is 2.03. The average Bonchev–Trinajstić information content (AvgIpc) is 2.62. The number of nitrogens with one attached hydrogen (secondary N) is 2. The number of hydrogen-bond acceptors (Lipinski definition) is 3. The van der Waals surface area contributed by atoms with Crippen LogP contribution in [0.15, 0.2) is 53.5 Å². The Hall–Kier alpha value is -2.27. The molecule has 6 heteroatoms. The van der Waals surface area contributed by atoms with Gasteiger partial charge in [0.25, 0.3) is 0 Å². The van der Waals surface area contributed by atoms with Crippen LogP contribution >= 0.6 is 24.0 Å². The Labute approximate surface area is 159 Å². The first-order valence-electron chi connectivity index (χ1n) is 7.31.